The highest BCUT2D eigenvalue weighted by atomic mass is 16.4. The summed E-state index contributed by atoms with van der Waals surface area (Å²) in [5, 5.41) is 11.8. The molecule has 18 heavy (non-hydrogen) atoms. The second-order valence-electron chi connectivity index (χ2n) is 5.41. The minimum absolute atomic E-state index is 0.0801. The highest BCUT2D eigenvalue weighted by Crippen LogP contribution is 2.29. The van der Waals surface area contributed by atoms with Gasteiger partial charge in [-0.15, -0.1) is 0 Å². The summed E-state index contributed by atoms with van der Waals surface area (Å²) in [5.41, 5.74) is 0.965. The van der Waals surface area contributed by atoms with E-state index in [0.717, 1.165) is 44.1 Å². The van der Waals surface area contributed by atoms with Crippen LogP contribution in [0.25, 0.3) is 0 Å². The lowest BCUT2D eigenvalue weighted by molar-refractivity contribution is -0.131. The number of carboxylic acids is 1. The standard InChI is InChI=1S/C14H21NO3/c16-13(17)9-10-5-7-11(8-6-10)14(18)15-12-3-1-2-4-12/h9,11-12H,1-8H2,(H,15,18)(H,16,17). The maximum Gasteiger partial charge on any atom is 0.328 e. The van der Waals surface area contributed by atoms with Gasteiger partial charge in [-0.3, -0.25) is 4.79 Å². The summed E-state index contributed by atoms with van der Waals surface area (Å²) in [6.45, 7) is 0. The van der Waals surface area contributed by atoms with Gasteiger partial charge in [-0.05, 0) is 38.5 Å². The van der Waals surface area contributed by atoms with Crippen molar-refractivity contribution in [1.82, 2.24) is 5.32 Å². The van der Waals surface area contributed by atoms with Gasteiger partial charge in [0.05, 0.1) is 0 Å². The largest absolute Gasteiger partial charge is 0.478 e. The van der Waals surface area contributed by atoms with Crippen LogP contribution < -0.4 is 5.32 Å². The van der Waals surface area contributed by atoms with Gasteiger partial charge in [-0.1, -0.05) is 18.4 Å². The number of nitrogens with one attached hydrogen (secondary N) is 1. The van der Waals surface area contributed by atoms with Gasteiger partial charge < -0.3 is 10.4 Å². The SMILES string of the molecule is O=C(O)C=C1CCC(C(=O)NC2CCCC2)CC1. The fraction of sp³-hybridized carbons (Fsp3) is 0.714. The van der Waals surface area contributed by atoms with Crippen molar-refractivity contribution in [1.29, 1.82) is 0 Å². The molecule has 2 aliphatic carbocycles. The van der Waals surface area contributed by atoms with Crippen LogP contribution in [0.4, 0.5) is 0 Å². The Hall–Kier alpha value is -1.32. The van der Waals surface area contributed by atoms with Gasteiger partial charge in [0.1, 0.15) is 0 Å². The predicted molar refractivity (Wildman–Crippen MR) is 68.1 cm³/mol. The van der Waals surface area contributed by atoms with E-state index in [9.17, 15) is 9.59 Å². The highest BCUT2D eigenvalue weighted by molar-refractivity contribution is 5.81. The molecule has 0 spiro atoms. The Morgan fingerprint density at radius 2 is 1.72 bits per heavy atom. The second kappa shape index (κ2) is 6.03. The van der Waals surface area contributed by atoms with Crippen molar-refractivity contribution in [2.45, 2.75) is 57.4 Å². The zero-order valence-electron chi connectivity index (χ0n) is 10.7. The van der Waals surface area contributed by atoms with Crippen LogP contribution in [-0.2, 0) is 9.59 Å². The smallest absolute Gasteiger partial charge is 0.328 e. The van der Waals surface area contributed by atoms with Crippen LogP contribution in [0.15, 0.2) is 11.6 Å². The van der Waals surface area contributed by atoms with Crippen molar-refractivity contribution >= 4 is 11.9 Å². The predicted octanol–water partition coefficient (Wildman–Crippen LogP) is 2.25. The Morgan fingerprint density at radius 3 is 2.28 bits per heavy atom. The molecule has 0 atom stereocenters. The molecule has 0 aromatic rings. The quantitative estimate of drug-likeness (QED) is 0.756. The fourth-order valence-electron chi connectivity index (χ4n) is 2.96. The molecular weight excluding hydrogens is 230 g/mol. The van der Waals surface area contributed by atoms with E-state index in [0.29, 0.717) is 6.04 Å². The highest BCUT2D eigenvalue weighted by Gasteiger charge is 2.26. The summed E-state index contributed by atoms with van der Waals surface area (Å²) in [4.78, 5) is 22.6. The lowest BCUT2D eigenvalue weighted by Gasteiger charge is -2.24. The van der Waals surface area contributed by atoms with Crippen LogP contribution >= 0.6 is 0 Å². The first-order valence-electron chi connectivity index (χ1n) is 6.88. The monoisotopic (exact) mass is 251 g/mol. The molecule has 0 unspecified atom stereocenters. The number of aliphatic carboxylic acids is 1. The molecule has 2 N–H and O–H groups in total. The number of amides is 1. The van der Waals surface area contributed by atoms with Crippen LogP contribution in [0, 0.1) is 5.92 Å². The number of allylic oxidation sites excluding steroid dienone is 1. The molecule has 0 radical (unpaired) electrons. The lowest BCUT2D eigenvalue weighted by Crippen LogP contribution is -2.38. The van der Waals surface area contributed by atoms with Crippen LogP contribution in [-0.4, -0.2) is 23.0 Å². The van der Waals surface area contributed by atoms with E-state index in [1.165, 1.54) is 18.9 Å². The normalized spacial score (nSPS) is 24.9. The number of carbonyl (C=O) groups excluding carboxylic acids is 1. The molecule has 4 nitrogen and oxygen atoms in total. The first-order valence-corrected chi connectivity index (χ1v) is 6.88. The molecule has 0 bridgehead atoms. The fourth-order valence-corrected chi connectivity index (χ4v) is 2.96. The minimum Gasteiger partial charge on any atom is -0.478 e. The zero-order chi connectivity index (χ0) is 13.0. The zero-order valence-corrected chi connectivity index (χ0v) is 10.7. The Bertz CT molecular complexity index is 346. The van der Waals surface area contributed by atoms with E-state index in [1.807, 2.05) is 0 Å². The van der Waals surface area contributed by atoms with Gasteiger partial charge in [0.25, 0.3) is 0 Å². The van der Waals surface area contributed by atoms with Gasteiger partial charge in [0, 0.05) is 18.0 Å². The summed E-state index contributed by atoms with van der Waals surface area (Å²) in [5.74, 6) is -0.619. The van der Waals surface area contributed by atoms with Gasteiger partial charge in [0.2, 0.25) is 5.91 Å². The van der Waals surface area contributed by atoms with Crippen LogP contribution in [0.5, 0.6) is 0 Å². The second-order valence-corrected chi connectivity index (χ2v) is 5.41. The van der Waals surface area contributed by atoms with E-state index in [1.54, 1.807) is 0 Å². The third-order valence-electron chi connectivity index (χ3n) is 4.03. The Kier molecular flexibility index (Phi) is 4.39. The maximum absolute atomic E-state index is 12.0. The Balaban J connectivity index is 1.78. The van der Waals surface area contributed by atoms with Crippen molar-refractivity contribution in [3.05, 3.63) is 11.6 Å². The molecule has 0 saturated heterocycles. The van der Waals surface area contributed by atoms with Gasteiger partial charge >= 0.3 is 5.97 Å². The third-order valence-corrected chi connectivity index (χ3v) is 4.03. The first-order chi connectivity index (χ1) is 8.65. The molecule has 0 aromatic carbocycles. The van der Waals surface area contributed by atoms with E-state index in [2.05, 4.69) is 5.32 Å². The van der Waals surface area contributed by atoms with Crippen molar-refractivity contribution in [2.75, 3.05) is 0 Å². The molecule has 0 heterocycles. The molecule has 0 aliphatic heterocycles. The topological polar surface area (TPSA) is 66.4 Å². The maximum atomic E-state index is 12.0. The number of hydrogen-bond acceptors (Lipinski definition) is 2. The van der Waals surface area contributed by atoms with E-state index in [4.69, 9.17) is 5.11 Å². The third kappa shape index (κ3) is 3.59. The Morgan fingerprint density at radius 1 is 1.11 bits per heavy atom. The van der Waals surface area contributed by atoms with Crippen LogP contribution in [0.2, 0.25) is 0 Å². The average molecular weight is 251 g/mol. The Labute approximate surface area is 107 Å². The molecule has 1 amide bonds. The lowest BCUT2D eigenvalue weighted by atomic mass is 9.85. The van der Waals surface area contributed by atoms with Gasteiger partial charge in [-0.2, -0.15) is 0 Å². The number of carboxylic acid groups (broad SMARTS) is 1. The molecule has 2 rings (SSSR count). The van der Waals surface area contributed by atoms with Gasteiger partial charge in [-0.25, -0.2) is 4.79 Å². The van der Waals surface area contributed by atoms with Crippen molar-refractivity contribution in [2.24, 2.45) is 5.92 Å². The minimum atomic E-state index is -0.876. The summed E-state index contributed by atoms with van der Waals surface area (Å²) in [6, 6.07) is 0.383. The van der Waals surface area contributed by atoms with E-state index in [-0.39, 0.29) is 11.8 Å². The number of rotatable bonds is 3. The summed E-state index contributed by atoms with van der Waals surface area (Å²) >= 11 is 0. The molecule has 2 fully saturated rings. The van der Waals surface area contributed by atoms with E-state index >= 15 is 0 Å². The molecule has 100 valence electrons. The molecule has 0 aromatic heterocycles. The van der Waals surface area contributed by atoms with Gasteiger partial charge in [0.15, 0.2) is 0 Å². The number of carbonyl (C=O) groups is 2. The summed E-state index contributed by atoms with van der Waals surface area (Å²) in [6.07, 6.45) is 9.04. The van der Waals surface area contributed by atoms with E-state index < -0.39 is 5.97 Å². The molecule has 2 saturated carbocycles. The molecular formula is C14H21NO3. The van der Waals surface area contributed by atoms with Crippen LogP contribution in [0.3, 0.4) is 0 Å². The van der Waals surface area contributed by atoms with Crippen molar-refractivity contribution < 1.29 is 14.7 Å². The van der Waals surface area contributed by atoms with Crippen molar-refractivity contribution in [3.8, 4) is 0 Å². The molecule has 4 heteroatoms. The van der Waals surface area contributed by atoms with Crippen molar-refractivity contribution in [3.63, 3.8) is 0 Å². The summed E-state index contributed by atoms with van der Waals surface area (Å²) < 4.78 is 0. The number of hydrogen-bond donors (Lipinski definition) is 2. The van der Waals surface area contributed by atoms with Crippen LogP contribution in [0.1, 0.15) is 51.4 Å². The average Bonchev–Trinajstić information content (AvgIpc) is 2.82. The first kappa shape index (κ1) is 13.1. The molecule has 2 aliphatic rings. The summed E-state index contributed by atoms with van der Waals surface area (Å²) in [7, 11) is 0.